The molecular weight excluding hydrogens is 367 g/mol. The lowest BCUT2D eigenvalue weighted by molar-refractivity contribution is -0.114. The standard InChI is InChI=1S/C8H8ClIN2O3S/c9-7(10)8(13)12-5-1-3-6(4-2-5)16(11,14)15/h1-4,7H,(H,12,13)(H2,11,14,15). The van der Waals surface area contributed by atoms with Gasteiger partial charge in [0.05, 0.1) is 4.90 Å². The number of hydrogen-bond acceptors (Lipinski definition) is 3. The molecule has 1 amide bonds. The number of halogens is 2. The van der Waals surface area contributed by atoms with Crippen LogP contribution in [0.25, 0.3) is 0 Å². The molecule has 1 aromatic carbocycles. The smallest absolute Gasteiger partial charge is 0.252 e. The highest BCUT2D eigenvalue weighted by Crippen LogP contribution is 2.15. The van der Waals surface area contributed by atoms with Crippen LogP contribution < -0.4 is 10.5 Å². The predicted octanol–water partition coefficient (Wildman–Crippen LogP) is 1.27. The third-order valence-electron chi connectivity index (χ3n) is 1.65. The molecule has 1 aromatic rings. The summed E-state index contributed by atoms with van der Waals surface area (Å²) in [5.41, 5.74) is 0.458. The zero-order chi connectivity index (χ0) is 12.3. The molecule has 8 heteroatoms. The fraction of sp³-hybridized carbons (Fsp3) is 0.125. The molecular formula is C8H8ClIN2O3S. The van der Waals surface area contributed by atoms with Gasteiger partial charge in [-0.1, -0.05) is 22.6 Å². The molecule has 3 N–H and O–H groups in total. The number of carbonyl (C=O) groups excluding carboxylic acids is 1. The highest BCUT2D eigenvalue weighted by molar-refractivity contribution is 14.1. The molecule has 0 aliphatic rings. The van der Waals surface area contributed by atoms with Crippen LogP contribution in [0.15, 0.2) is 29.2 Å². The van der Waals surface area contributed by atoms with E-state index in [4.69, 9.17) is 16.7 Å². The summed E-state index contributed by atoms with van der Waals surface area (Å²) in [6.45, 7) is 0. The molecule has 0 saturated heterocycles. The molecule has 0 heterocycles. The van der Waals surface area contributed by atoms with Crippen molar-refractivity contribution in [1.82, 2.24) is 0 Å². The summed E-state index contributed by atoms with van der Waals surface area (Å²) in [5.74, 6) is -0.370. The van der Waals surface area contributed by atoms with E-state index in [-0.39, 0.29) is 10.8 Å². The first kappa shape index (κ1) is 13.7. The van der Waals surface area contributed by atoms with Crippen molar-refractivity contribution in [2.24, 2.45) is 5.14 Å². The molecule has 88 valence electrons. The second-order valence-corrected chi connectivity index (χ2v) is 6.84. The van der Waals surface area contributed by atoms with E-state index >= 15 is 0 Å². The Morgan fingerprint density at radius 2 is 1.88 bits per heavy atom. The van der Waals surface area contributed by atoms with Crippen molar-refractivity contribution >= 4 is 55.8 Å². The predicted molar refractivity (Wildman–Crippen MR) is 70.1 cm³/mol. The van der Waals surface area contributed by atoms with Crippen molar-refractivity contribution in [3.05, 3.63) is 24.3 Å². The van der Waals surface area contributed by atoms with Crippen LogP contribution in [0.2, 0.25) is 0 Å². The third kappa shape index (κ3) is 3.89. The lowest BCUT2D eigenvalue weighted by Gasteiger charge is -2.06. The molecule has 5 nitrogen and oxygen atoms in total. The van der Waals surface area contributed by atoms with Crippen molar-refractivity contribution in [1.29, 1.82) is 0 Å². The molecule has 0 spiro atoms. The topological polar surface area (TPSA) is 89.3 Å². The van der Waals surface area contributed by atoms with Crippen LogP contribution in [-0.2, 0) is 14.8 Å². The summed E-state index contributed by atoms with van der Waals surface area (Å²) in [6, 6.07) is 5.49. The average molecular weight is 375 g/mol. The number of benzene rings is 1. The first-order valence-electron chi connectivity index (χ1n) is 4.02. The Morgan fingerprint density at radius 3 is 2.25 bits per heavy atom. The number of sulfonamides is 1. The van der Waals surface area contributed by atoms with Crippen molar-refractivity contribution in [2.75, 3.05) is 5.32 Å². The Balaban J connectivity index is 2.84. The van der Waals surface area contributed by atoms with Gasteiger partial charge in [-0.25, -0.2) is 13.6 Å². The quantitative estimate of drug-likeness (QED) is 0.617. The SMILES string of the molecule is NS(=O)(=O)c1ccc(NC(=O)C(Cl)I)cc1. The first-order valence-corrected chi connectivity index (χ1v) is 7.25. The number of nitrogens with one attached hydrogen (secondary N) is 1. The monoisotopic (exact) mass is 374 g/mol. The molecule has 0 aliphatic carbocycles. The lowest BCUT2D eigenvalue weighted by atomic mass is 10.3. The van der Waals surface area contributed by atoms with E-state index in [9.17, 15) is 13.2 Å². The van der Waals surface area contributed by atoms with Gasteiger partial charge >= 0.3 is 0 Å². The van der Waals surface area contributed by atoms with Crippen molar-refractivity contribution in [3.8, 4) is 0 Å². The molecule has 1 atom stereocenters. The number of nitrogens with two attached hydrogens (primary N) is 1. The number of alkyl halides is 2. The van der Waals surface area contributed by atoms with Crippen LogP contribution in [0.5, 0.6) is 0 Å². The van der Waals surface area contributed by atoms with E-state index in [1.165, 1.54) is 24.3 Å². The van der Waals surface area contributed by atoms with Crippen LogP contribution in [-0.4, -0.2) is 17.7 Å². The molecule has 0 bridgehead atoms. The van der Waals surface area contributed by atoms with Gasteiger partial charge < -0.3 is 5.32 Å². The van der Waals surface area contributed by atoms with Crippen molar-refractivity contribution in [3.63, 3.8) is 0 Å². The van der Waals surface area contributed by atoms with Crippen LogP contribution in [0, 0.1) is 0 Å². The van der Waals surface area contributed by atoms with Gasteiger partial charge in [-0.3, -0.25) is 4.79 Å². The number of anilines is 1. The fourth-order valence-electron chi connectivity index (χ4n) is 0.925. The molecule has 0 aliphatic heterocycles. The van der Waals surface area contributed by atoms with E-state index in [1.807, 2.05) is 0 Å². The summed E-state index contributed by atoms with van der Waals surface area (Å²) < 4.78 is 21.2. The van der Waals surface area contributed by atoms with E-state index in [1.54, 1.807) is 22.6 Å². The zero-order valence-corrected chi connectivity index (χ0v) is 11.6. The van der Waals surface area contributed by atoms with Crippen LogP contribution in [0.1, 0.15) is 0 Å². The summed E-state index contributed by atoms with van der Waals surface area (Å²) in [5, 5.41) is 7.42. The van der Waals surface area contributed by atoms with Gasteiger partial charge in [0.25, 0.3) is 5.91 Å². The minimum atomic E-state index is -3.70. The highest BCUT2D eigenvalue weighted by atomic mass is 127. The average Bonchev–Trinajstić information content (AvgIpc) is 2.17. The fourth-order valence-corrected chi connectivity index (χ4v) is 1.65. The molecule has 0 aromatic heterocycles. The number of amides is 1. The Morgan fingerprint density at radius 1 is 1.38 bits per heavy atom. The largest absolute Gasteiger partial charge is 0.324 e. The zero-order valence-electron chi connectivity index (χ0n) is 7.85. The molecule has 1 unspecified atom stereocenters. The molecule has 0 radical (unpaired) electrons. The van der Waals surface area contributed by atoms with Crippen molar-refractivity contribution < 1.29 is 13.2 Å². The Kier molecular flexibility index (Phi) is 4.53. The second-order valence-electron chi connectivity index (χ2n) is 2.86. The third-order valence-corrected chi connectivity index (χ3v) is 3.34. The van der Waals surface area contributed by atoms with E-state index in [0.717, 1.165) is 0 Å². The van der Waals surface area contributed by atoms with Gasteiger partial charge in [-0.05, 0) is 24.3 Å². The lowest BCUT2D eigenvalue weighted by Crippen LogP contribution is -2.18. The molecule has 1 rings (SSSR count). The summed E-state index contributed by atoms with van der Waals surface area (Å²) in [6.07, 6.45) is 0. The Hall–Kier alpha value is -0.380. The van der Waals surface area contributed by atoms with Crippen molar-refractivity contribution in [2.45, 2.75) is 8.28 Å². The minimum Gasteiger partial charge on any atom is -0.324 e. The van der Waals surface area contributed by atoms with Crippen LogP contribution >= 0.6 is 34.2 Å². The van der Waals surface area contributed by atoms with Gasteiger partial charge in [-0.15, -0.1) is 11.6 Å². The molecule has 0 saturated carbocycles. The number of rotatable bonds is 3. The van der Waals surface area contributed by atoms with E-state index in [2.05, 4.69) is 5.32 Å². The van der Waals surface area contributed by atoms with Gasteiger partial charge in [0.1, 0.15) is 0 Å². The van der Waals surface area contributed by atoms with E-state index in [0.29, 0.717) is 5.69 Å². The minimum absolute atomic E-state index is 0.0117. The van der Waals surface area contributed by atoms with E-state index < -0.39 is 13.4 Å². The van der Waals surface area contributed by atoms with Gasteiger partial charge in [0.2, 0.25) is 10.0 Å². The molecule has 16 heavy (non-hydrogen) atoms. The number of carbonyl (C=O) groups is 1. The van der Waals surface area contributed by atoms with Gasteiger partial charge in [0.15, 0.2) is 3.38 Å². The molecule has 0 fully saturated rings. The summed E-state index contributed by atoms with van der Waals surface area (Å²) in [7, 11) is -3.70. The highest BCUT2D eigenvalue weighted by Gasteiger charge is 2.11. The van der Waals surface area contributed by atoms with Gasteiger partial charge in [0, 0.05) is 5.69 Å². The maximum Gasteiger partial charge on any atom is 0.252 e. The summed E-state index contributed by atoms with van der Waals surface area (Å²) in [4.78, 5) is 11.2. The Labute approximate surface area is 112 Å². The number of hydrogen-bond donors (Lipinski definition) is 2. The van der Waals surface area contributed by atoms with Gasteiger partial charge in [-0.2, -0.15) is 0 Å². The normalized spacial score (nSPS) is 13.2. The maximum absolute atomic E-state index is 11.2. The van der Waals surface area contributed by atoms with Crippen LogP contribution in [0.3, 0.4) is 0 Å². The Bertz CT molecular complexity index is 487. The number of primary sulfonamides is 1. The first-order chi connectivity index (χ1) is 7.30. The second kappa shape index (κ2) is 5.30. The summed E-state index contributed by atoms with van der Waals surface area (Å²) >= 11 is 7.29. The maximum atomic E-state index is 11.2. The van der Waals surface area contributed by atoms with Crippen LogP contribution in [0.4, 0.5) is 5.69 Å².